The topological polar surface area (TPSA) is 113 Å². The lowest BCUT2D eigenvalue weighted by molar-refractivity contribution is 0.0691. The molecular formula is C13H11N3O4S. The molecule has 0 bridgehead atoms. The van der Waals surface area contributed by atoms with Crippen molar-refractivity contribution in [2.75, 3.05) is 5.75 Å². The minimum absolute atomic E-state index is 0.0696. The first kappa shape index (κ1) is 14.7. The van der Waals surface area contributed by atoms with Crippen molar-refractivity contribution < 1.29 is 18.3 Å². The quantitative estimate of drug-likeness (QED) is 0.879. The number of sulfone groups is 1. The summed E-state index contributed by atoms with van der Waals surface area (Å²) in [6.07, 6.45) is 2.54. The van der Waals surface area contributed by atoms with Crippen LogP contribution in [0.1, 0.15) is 16.1 Å². The highest BCUT2D eigenvalue weighted by atomic mass is 32.2. The van der Waals surface area contributed by atoms with E-state index in [1.54, 1.807) is 0 Å². The molecule has 1 aromatic heterocycles. The third-order valence-electron chi connectivity index (χ3n) is 2.79. The van der Waals surface area contributed by atoms with E-state index in [0.717, 1.165) is 0 Å². The van der Waals surface area contributed by atoms with Crippen LogP contribution in [0.4, 0.5) is 0 Å². The van der Waals surface area contributed by atoms with E-state index in [0.29, 0.717) is 0 Å². The molecule has 0 unspecified atom stereocenters. The molecule has 0 amide bonds. The number of carbonyl (C=O) groups is 1. The molecule has 0 radical (unpaired) electrons. The molecule has 1 aromatic carbocycles. The van der Waals surface area contributed by atoms with Crippen LogP contribution in [-0.4, -0.2) is 34.8 Å². The first-order valence-corrected chi connectivity index (χ1v) is 7.55. The molecule has 0 saturated heterocycles. The number of aryl methyl sites for hydroxylation is 1. The summed E-state index contributed by atoms with van der Waals surface area (Å²) in [6, 6.07) is 7.65. The second kappa shape index (κ2) is 5.76. The van der Waals surface area contributed by atoms with Crippen molar-refractivity contribution in [3.8, 4) is 6.07 Å². The number of nitriles is 1. The second-order valence-corrected chi connectivity index (χ2v) is 6.37. The highest BCUT2D eigenvalue weighted by Gasteiger charge is 2.15. The lowest BCUT2D eigenvalue weighted by atomic mass is 10.2. The zero-order chi connectivity index (χ0) is 15.5. The van der Waals surface area contributed by atoms with E-state index in [1.165, 1.54) is 41.4 Å². The van der Waals surface area contributed by atoms with Crippen LogP contribution in [0.15, 0.2) is 41.7 Å². The van der Waals surface area contributed by atoms with Crippen LogP contribution < -0.4 is 0 Å². The van der Waals surface area contributed by atoms with Gasteiger partial charge in [0.25, 0.3) is 0 Å². The maximum absolute atomic E-state index is 12.2. The number of aromatic carboxylic acids is 1. The molecule has 0 aliphatic heterocycles. The van der Waals surface area contributed by atoms with E-state index >= 15 is 0 Å². The van der Waals surface area contributed by atoms with Gasteiger partial charge in [0.1, 0.15) is 0 Å². The van der Waals surface area contributed by atoms with Gasteiger partial charge in [0, 0.05) is 12.7 Å². The summed E-state index contributed by atoms with van der Waals surface area (Å²) in [6.45, 7) is 0.0827. The molecule has 8 heteroatoms. The van der Waals surface area contributed by atoms with E-state index in [1.807, 2.05) is 6.07 Å². The zero-order valence-electron chi connectivity index (χ0n) is 10.8. The molecule has 2 rings (SSSR count). The summed E-state index contributed by atoms with van der Waals surface area (Å²) in [4.78, 5) is 14.4. The maximum atomic E-state index is 12.2. The lowest BCUT2D eigenvalue weighted by Crippen LogP contribution is -2.12. The van der Waals surface area contributed by atoms with Gasteiger partial charge in [-0.15, -0.1) is 0 Å². The first-order valence-electron chi connectivity index (χ1n) is 5.90. The van der Waals surface area contributed by atoms with Crippen molar-refractivity contribution in [2.45, 2.75) is 11.4 Å². The number of carboxylic acids is 1. The highest BCUT2D eigenvalue weighted by Crippen LogP contribution is 2.13. The summed E-state index contributed by atoms with van der Waals surface area (Å²) in [5.74, 6) is -1.38. The Morgan fingerprint density at radius 1 is 1.43 bits per heavy atom. The van der Waals surface area contributed by atoms with Gasteiger partial charge >= 0.3 is 5.97 Å². The van der Waals surface area contributed by atoms with E-state index in [-0.39, 0.29) is 28.5 Å². The SMILES string of the molecule is N#Cc1cccc(S(=O)(=O)CCn2cnc(C(=O)O)c2)c1. The van der Waals surface area contributed by atoms with E-state index < -0.39 is 15.8 Å². The fourth-order valence-electron chi connectivity index (χ4n) is 1.70. The Morgan fingerprint density at radius 2 is 2.19 bits per heavy atom. The molecule has 0 spiro atoms. The van der Waals surface area contributed by atoms with E-state index in [9.17, 15) is 13.2 Å². The van der Waals surface area contributed by atoms with Gasteiger partial charge in [0.2, 0.25) is 0 Å². The highest BCUT2D eigenvalue weighted by molar-refractivity contribution is 7.91. The molecule has 21 heavy (non-hydrogen) atoms. The van der Waals surface area contributed by atoms with Crippen LogP contribution in [0.5, 0.6) is 0 Å². The average molecular weight is 305 g/mol. The smallest absolute Gasteiger partial charge is 0.356 e. The van der Waals surface area contributed by atoms with Crippen LogP contribution in [0.3, 0.4) is 0 Å². The van der Waals surface area contributed by atoms with E-state index in [2.05, 4.69) is 4.98 Å². The fourth-order valence-corrected chi connectivity index (χ4v) is 2.97. The number of nitrogens with zero attached hydrogens (tertiary/aromatic N) is 3. The van der Waals surface area contributed by atoms with Crippen LogP contribution in [0.25, 0.3) is 0 Å². The minimum atomic E-state index is -3.55. The third-order valence-corrected chi connectivity index (χ3v) is 4.49. The van der Waals surface area contributed by atoms with Gasteiger partial charge in [0.05, 0.1) is 28.6 Å². The van der Waals surface area contributed by atoms with Gasteiger partial charge in [-0.05, 0) is 18.2 Å². The molecule has 0 aliphatic rings. The molecule has 2 aromatic rings. The molecule has 7 nitrogen and oxygen atoms in total. The van der Waals surface area contributed by atoms with Crippen LogP contribution >= 0.6 is 0 Å². The maximum Gasteiger partial charge on any atom is 0.356 e. The van der Waals surface area contributed by atoms with Gasteiger partial charge in [-0.2, -0.15) is 5.26 Å². The molecule has 0 fully saturated rings. The largest absolute Gasteiger partial charge is 0.476 e. The van der Waals surface area contributed by atoms with Gasteiger partial charge in [0.15, 0.2) is 15.5 Å². The van der Waals surface area contributed by atoms with Gasteiger partial charge < -0.3 is 9.67 Å². The summed E-state index contributed by atoms with van der Waals surface area (Å²) < 4.78 is 25.7. The van der Waals surface area contributed by atoms with E-state index in [4.69, 9.17) is 10.4 Å². The Labute approximate surface area is 121 Å². The molecule has 1 heterocycles. The third kappa shape index (κ3) is 3.46. The Morgan fingerprint density at radius 3 is 2.81 bits per heavy atom. The monoisotopic (exact) mass is 305 g/mol. The predicted molar refractivity (Wildman–Crippen MR) is 72.4 cm³/mol. The lowest BCUT2D eigenvalue weighted by Gasteiger charge is -2.05. The normalized spacial score (nSPS) is 11.0. The number of aromatic nitrogens is 2. The molecular weight excluding hydrogens is 294 g/mol. The number of benzene rings is 1. The standard InChI is InChI=1S/C13H11N3O4S/c14-7-10-2-1-3-11(6-10)21(19,20)5-4-16-8-12(13(17)18)15-9-16/h1-3,6,8-9H,4-5H2,(H,17,18). The first-order chi connectivity index (χ1) is 9.92. The number of hydrogen-bond donors (Lipinski definition) is 1. The van der Waals surface area contributed by atoms with Crippen molar-refractivity contribution in [1.82, 2.24) is 9.55 Å². The Hall–Kier alpha value is -2.66. The molecule has 108 valence electrons. The van der Waals surface area contributed by atoms with Crippen LogP contribution in [0, 0.1) is 11.3 Å². The van der Waals surface area contributed by atoms with Crippen molar-refractivity contribution in [3.63, 3.8) is 0 Å². The van der Waals surface area contributed by atoms with Crippen LogP contribution in [-0.2, 0) is 16.4 Å². The summed E-state index contributed by atoms with van der Waals surface area (Å²) in [5, 5.41) is 17.5. The van der Waals surface area contributed by atoms with Crippen molar-refractivity contribution >= 4 is 15.8 Å². The Kier molecular flexibility index (Phi) is 4.05. The zero-order valence-corrected chi connectivity index (χ0v) is 11.6. The average Bonchev–Trinajstić information content (AvgIpc) is 2.94. The fraction of sp³-hybridized carbons (Fsp3) is 0.154. The second-order valence-electron chi connectivity index (χ2n) is 4.26. The Balaban J connectivity index is 2.13. The summed E-state index contributed by atoms with van der Waals surface area (Å²) >= 11 is 0. The number of hydrogen-bond acceptors (Lipinski definition) is 5. The molecule has 1 N–H and O–H groups in total. The molecule has 0 saturated carbocycles. The molecule has 0 atom stereocenters. The molecule has 0 aliphatic carbocycles. The van der Waals surface area contributed by atoms with Crippen molar-refractivity contribution in [1.29, 1.82) is 5.26 Å². The van der Waals surface area contributed by atoms with Crippen molar-refractivity contribution in [3.05, 3.63) is 48.0 Å². The van der Waals surface area contributed by atoms with Crippen molar-refractivity contribution in [2.24, 2.45) is 0 Å². The predicted octanol–water partition coefficient (Wildman–Crippen LogP) is 0.927. The number of imidazole rings is 1. The number of carboxylic acid groups (broad SMARTS) is 1. The summed E-state index contributed by atoms with van der Waals surface area (Å²) in [5.41, 5.74) is 0.130. The van der Waals surface area contributed by atoms with Gasteiger partial charge in [-0.3, -0.25) is 0 Å². The number of rotatable bonds is 5. The minimum Gasteiger partial charge on any atom is -0.476 e. The van der Waals surface area contributed by atoms with Crippen LogP contribution in [0.2, 0.25) is 0 Å². The van der Waals surface area contributed by atoms with Gasteiger partial charge in [-0.25, -0.2) is 18.2 Å². The van der Waals surface area contributed by atoms with Gasteiger partial charge in [-0.1, -0.05) is 6.07 Å². The Bertz CT molecular complexity index is 818. The summed E-state index contributed by atoms with van der Waals surface area (Å²) in [7, 11) is -3.55.